The number of alkyl halides is 3. The lowest BCUT2D eigenvalue weighted by Crippen LogP contribution is -2.19. The van der Waals surface area contributed by atoms with E-state index in [1.807, 2.05) is 5.32 Å². The number of carboxylic acids is 1. The second kappa shape index (κ2) is 6.26. The van der Waals surface area contributed by atoms with Gasteiger partial charge in [-0.3, -0.25) is 4.79 Å². The second-order valence-corrected chi connectivity index (χ2v) is 4.64. The van der Waals surface area contributed by atoms with E-state index in [9.17, 15) is 31.5 Å². The SMILES string of the molecule is O=C(O)c1ccc(NC(=O)c2cc(F)ccc2C(F)(F)F)c(F)c1. The number of aromatic carboxylic acids is 1. The average Bonchev–Trinajstić information content (AvgIpc) is 2.47. The Kier molecular flexibility index (Phi) is 4.54. The Hall–Kier alpha value is -2.97. The summed E-state index contributed by atoms with van der Waals surface area (Å²) >= 11 is 0. The third-order valence-corrected chi connectivity index (χ3v) is 3.00. The molecular weight excluding hydrogens is 337 g/mol. The van der Waals surface area contributed by atoms with Crippen LogP contribution in [-0.2, 0) is 6.18 Å². The number of rotatable bonds is 3. The topological polar surface area (TPSA) is 66.4 Å². The van der Waals surface area contributed by atoms with E-state index in [2.05, 4.69) is 0 Å². The van der Waals surface area contributed by atoms with Crippen molar-refractivity contribution >= 4 is 17.6 Å². The van der Waals surface area contributed by atoms with Crippen LogP contribution in [-0.4, -0.2) is 17.0 Å². The number of carbonyl (C=O) groups is 2. The number of amides is 1. The average molecular weight is 345 g/mol. The maximum absolute atomic E-state index is 13.7. The summed E-state index contributed by atoms with van der Waals surface area (Å²) < 4.78 is 65.5. The van der Waals surface area contributed by atoms with E-state index in [1.165, 1.54) is 0 Å². The van der Waals surface area contributed by atoms with Crippen molar-refractivity contribution < 1.29 is 36.6 Å². The number of halogens is 5. The first kappa shape index (κ1) is 17.4. The van der Waals surface area contributed by atoms with Crippen LogP contribution in [0.1, 0.15) is 26.3 Å². The smallest absolute Gasteiger partial charge is 0.417 e. The van der Waals surface area contributed by atoms with E-state index in [-0.39, 0.29) is 0 Å². The summed E-state index contributed by atoms with van der Waals surface area (Å²) in [5, 5.41) is 10.6. The lowest BCUT2D eigenvalue weighted by atomic mass is 10.1. The van der Waals surface area contributed by atoms with Gasteiger partial charge in [-0.1, -0.05) is 0 Å². The van der Waals surface area contributed by atoms with Crippen LogP contribution in [0, 0.1) is 11.6 Å². The minimum absolute atomic E-state index is 0.377. The Morgan fingerprint density at radius 1 is 1.00 bits per heavy atom. The lowest BCUT2D eigenvalue weighted by Gasteiger charge is -2.13. The van der Waals surface area contributed by atoms with Crippen molar-refractivity contribution in [1.82, 2.24) is 0 Å². The van der Waals surface area contributed by atoms with E-state index in [0.29, 0.717) is 24.3 Å². The highest BCUT2D eigenvalue weighted by molar-refractivity contribution is 6.05. The number of anilines is 1. The molecule has 2 N–H and O–H groups in total. The highest BCUT2D eigenvalue weighted by Crippen LogP contribution is 2.32. The molecule has 0 aliphatic heterocycles. The molecule has 2 aromatic carbocycles. The molecule has 0 spiro atoms. The van der Waals surface area contributed by atoms with Gasteiger partial charge in [0.25, 0.3) is 5.91 Å². The molecular formula is C15H8F5NO3. The van der Waals surface area contributed by atoms with Crippen LogP contribution in [0.2, 0.25) is 0 Å². The van der Waals surface area contributed by atoms with E-state index in [1.54, 1.807) is 0 Å². The summed E-state index contributed by atoms with van der Waals surface area (Å²) in [5.41, 5.74) is -3.36. The number of hydrogen-bond donors (Lipinski definition) is 2. The molecule has 0 heterocycles. The van der Waals surface area contributed by atoms with Crippen LogP contribution in [0.3, 0.4) is 0 Å². The molecule has 0 bridgehead atoms. The van der Waals surface area contributed by atoms with Gasteiger partial charge in [0.1, 0.15) is 11.6 Å². The highest BCUT2D eigenvalue weighted by Gasteiger charge is 2.35. The van der Waals surface area contributed by atoms with E-state index in [0.717, 1.165) is 12.1 Å². The molecule has 0 aliphatic rings. The lowest BCUT2D eigenvalue weighted by molar-refractivity contribution is -0.137. The van der Waals surface area contributed by atoms with Crippen LogP contribution in [0.4, 0.5) is 27.6 Å². The number of benzene rings is 2. The molecule has 0 aliphatic carbocycles. The van der Waals surface area contributed by atoms with Gasteiger partial charge in [-0.05, 0) is 36.4 Å². The molecule has 4 nitrogen and oxygen atoms in total. The molecule has 1 amide bonds. The van der Waals surface area contributed by atoms with Crippen molar-refractivity contribution in [3.05, 3.63) is 64.7 Å². The summed E-state index contributed by atoms with van der Waals surface area (Å²) in [6, 6.07) is 3.74. The highest BCUT2D eigenvalue weighted by atomic mass is 19.4. The Morgan fingerprint density at radius 3 is 2.21 bits per heavy atom. The van der Waals surface area contributed by atoms with Crippen molar-refractivity contribution in [2.45, 2.75) is 6.18 Å². The Balaban J connectivity index is 2.37. The third kappa shape index (κ3) is 3.67. The maximum atomic E-state index is 13.7. The first-order valence-electron chi connectivity index (χ1n) is 6.30. The largest absolute Gasteiger partial charge is 0.478 e. The van der Waals surface area contributed by atoms with Gasteiger partial charge in [-0.15, -0.1) is 0 Å². The maximum Gasteiger partial charge on any atom is 0.417 e. The predicted octanol–water partition coefficient (Wildman–Crippen LogP) is 3.93. The molecule has 24 heavy (non-hydrogen) atoms. The predicted molar refractivity (Wildman–Crippen MR) is 72.7 cm³/mol. The van der Waals surface area contributed by atoms with Crippen molar-refractivity contribution in [1.29, 1.82) is 0 Å². The van der Waals surface area contributed by atoms with Crippen LogP contribution in [0.15, 0.2) is 36.4 Å². The van der Waals surface area contributed by atoms with E-state index in [4.69, 9.17) is 5.11 Å². The molecule has 0 aromatic heterocycles. The van der Waals surface area contributed by atoms with Gasteiger partial charge in [0.05, 0.1) is 22.4 Å². The van der Waals surface area contributed by atoms with Gasteiger partial charge in [-0.2, -0.15) is 13.2 Å². The van der Waals surface area contributed by atoms with Crippen molar-refractivity contribution in [2.75, 3.05) is 5.32 Å². The second-order valence-electron chi connectivity index (χ2n) is 4.64. The van der Waals surface area contributed by atoms with Crippen LogP contribution in [0.25, 0.3) is 0 Å². The molecule has 0 saturated heterocycles. The fraction of sp³-hybridized carbons (Fsp3) is 0.0667. The number of hydrogen-bond acceptors (Lipinski definition) is 2. The first-order valence-corrected chi connectivity index (χ1v) is 6.30. The standard InChI is InChI=1S/C15H8F5NO3/c16-8-2-3-10(15(18,19)20)9(6-8)13(22)21-12-4-1-7(14(23)24)5-11(12)17/h1-6H,(H,21,22)(H,23,24). The first-order chi connectivity index (χ1) is 11.1. The normalized spacial score (nSPS) is 11.2. The molecule has 0 atom stereocenters. The van der Waals surface area contributed by atoms with Crippen LogP contribution >= 0.6 is 0 Å². The summed E-state index contributed by atoms with van der Waals surface area (Å²) in [7, 11) is 0. The molecule has 2 rings (SSSR count). The van der Waals surface area contributed by atoms with Crippen LogP contribution in [0.5, 0.6) is 0 Å². The number of nitrogens with one attached hydrogen (secondary N) is 1. The minimum atomic E-state index is -4.91. The fourth-order valence-electron chi connectivity index (χ4n) is 1.89. The molecule has 9 heteroatoms. The zero-order chi connectivity index (χ0) is 18.1. The summed E-state index contributed by atoms with van der Waals surface area (Å²) in [6.45, 7) is 0. The number of carbonyl (C=O) groups excluding carboxylic acids is 1. The Bertz CT molecular complexity index is 817. The zero-order valence-corrected chi connectivity index (χ0v) is 11.6. The molecule has 0 radical (unpaired) electrons. The van der Waals surface area contributed by atoms with Gasteiger partial charge in [0, 0.05) is 0 Å². The van der Waals surface area contributed by atoms with Gasteiger partial charge >= 0.3 is 12.1 Å². The summed E-state index contributed by atoms with van der Waals surface area (Å²) in [5.74, 6) is -5.04. The zero-order valence-electron chi connectivity index (χ0n) is 11.6. The van der Waals surface area contributed by atoms with Gasteiger partial charge in [-0.25, -0.2) is 13.6 Å². The molecule has 126 valence electrons. The Labute approximate surface area is 131 Å². The molecule has 0 saturated carbocycles. The third-order valence-electron chi connectivity index (χ3n) is 3.00. The van der Waals surface area contributed by atoms with E-state index >= 15 is 0 Å². The number of carboxylic acid groups (broad SMARTS) is 1. The molecule has 0 unspecified atom stereocenters. The molecule has 0 fully saturated rings. The minimum Gasteiger partial charge on any atom is -0.478 e. The summed E-state index contributed by atoms with van der Waals surface area (Å²) in [4.78, 5) is 22.6. The van der Waals surface area contributed by atoms with Crippen LogP contribution < -0.4 is 5.32 Å². The summed E-state index contributed by atoms with van der Waals surface area (Å²) in [6.07, 6.45) is -4.91. The van der Waals surface area contributed by atoms with Gasteiger partial charge in [0.15, 0.2) is 0 Å². The van der Waals surface area contributed by atoms with Crippen molar-refractivity contribution in [2.24, 2.45) is 0 Å². The van der Waals surface area contributed by atoms with Crippen molar-refractivity contribution in [3.63, 3.8) is 0 Å². The fourth-order valence-corrected chi connectivity index (χ4v) is 1.89. The quantitative estimate of drug-likeness (QED) is 0.829. The Morgan fingerprint density at radius 2 is 1.67 bits per heavy atom. The van der Waals surface area contributed by atoms with Gasteiger partial charge < -0.3 is 10.4 Å². The van der Waals surface area contributed by atoms with Crippen molar-refractivity contribution in [3.8, 4) is 0 Å². The van der Waals surface area contributed by atoms with E-state index < -0.39 is 52.1 Å². The molecule has 2 aromatic rings. The monoisotopic (exact) mass is 345 g/mol. The van der Waals surface area contributed by atoms with Gasteiger partial charge in [0.2, 0.25) is 0 Å².